The lowest BCUT2D eigenvalue weighted by Gasteiger charge is -2.24. The van der Waals surface area contributed by atoms with Crippen molar-refractivity contribution < 1.29 is 4.79 Å². The van der Waals surface area contributed by atoms with Crippen molar-refractivity contribution >= 4 is 16.7 Å². The standard InChI is InChI=1S/C17H19N3O2/c1-2-3-7-12-8-6-11-20(12)17(22)15-13-9-4-5-10-14(13)16(21)19-18-15/h4-6,8-10,12H,2-3,7,11H2,1H3,(H,19,21). The Bertz CT molecular complexity index is 779. The number of aromatic nitrogens is 2. The molecule has 5 nitrogen and oxygen atoms in total. The number of amides is 1. The summed E-state index contributed by atoms with van der Waals surface area (Å²) in [5, 5.41) is 7.55. The van der Waals surface area contributed by atoms with E-state index in [1.165, 1.54) is 0 Å². The number of carbonyl (C=O) groups excluding carboxylic acids is 1. The zero-order chi connectivity index (χ0) is 15.5. The lowest BCUT2D eigenvalue weighted by Crippen LogP contribution is -2.37. The molecule has 1 unspecified atom stereocenters. The van der Waals surface area contributed by atoms with Crippen LogP contribution in [0.15, 0.2) is 41.2 Å². The molecule has 0 aliphatic carbocycles. The van der Waals surface area contributed by atoms with Gasteiger partial charge in [0.15, 0.2) is 5.69 Å². The van der Waals surface area contributed by atoms with Gasteiger partial charge >= 0.3 is 0 Å². The van der Waals surface area contributed by atoms with Gasteiger partial charge in [-0.3, -0.25) is 9.59 Å². The zero-order valence-electron chi connectivity index (χ0n) is 12.6. The van der Waals surface area contributed by atoms with Gasteiger partial charge < -0.3 is 4.90 Å². The third-order valence-corrected chi connectivity index (χ3v) is 4.07. The average molecular weight is 297 g/mol. The molecule has 3 rings (SSSR count). The minimum Gasteiger partial charge on any atom is -0.327 e. The molecule has 22 heavy (non-hydrogen) atoms. The maximum Gasteiger partial charge on any atom is 0.275 e. The van der Waals surface area contributed by atoms with Crippen LogP contribution in [0.2, 0.25) is 0 Å². The summed E-state index contributed by atoms with van der Waals surface area (Å²) in [4.78, 5) is 26.5. The number of fused-ring (bicyclic) bond motifs is 1. The van der Waals surface area contributed by atoms with Gasteiger partial charge in [0.2, 0.25) is 0 Å². The van der Waals surface area contributed by atoms with E-state index in [4.69, 9.17) is 0 Å². The molecule has 1 aromatic heterocycles. The van der Waals surface area contributed by atoms with Crippen LogP contribution in [0.4, 0.5) is 0 Å². The van der Waals surface area contributed by atoms with Crippen molar-refractivity contribution in [1.82, 2.24) is 15.1 Å². The number of hydrogen-bond acceptors (Lipinski definition) is 3. The van der Waals surface area contributed by atoms with Gasteiger partial charge in [0.1, 0.15) is 0 Å². The Labute approximate surface area is 128 Å². The number of nitrogens with zero attached hydrogens (tertiary/aromatic N) is 2. The second-order valence-corrected chi connectivity index (χ2v) is 5.54. The van der Waals surface area contributed by atoms with Crippen molar-refractivity contribution in [1.29, 1.82) is 0 Å². The predicted octanol–water partition coefficient (Wildman–Crippen LogP) is 2.49. The highest BCUT2D eigenvalue weighted by Crippen LogP contribution is 2.21. The Morgan fingerprint density at radius 3 is 2.91 bits per heavy atom. The highest BCUT2D eigenvalue weighted by Gasteiger charge is 2.27. The molecule has 1 N–H and O–H groups in total. The van der Waals surface area contributed by atoms with Crippen LogP contribution in [0.25, 0.3) is 10.8 Å². The fourth-order valence-electron chi connectivity index (χ4n) is 2.88. The van der Waals surface area contributed by atoms with E-state index in [-0.39, 0.29) is 17.5 Å². The Morgan fingerprint density at radius 1 is 1.36 bits per heavy atom. The predicted molar refractivity (Wildman–Crippen MR) is 85.9 cm³/mol. The third kappa shape index (κ3) is 2.54. The van der Waals surface area contributed by atoms with Crippen LogP contribution >= 0.6 is 0 Å². The molecule has 0 saturated heterocycles. The Balaban J connectivity index is 1.96. The van der Waals surface area contributed by atoms with Crippen molar-refractivity contribution in [2.45, 2.75) is 32.2 Å². The summed E-state index contributed by atoms with van der Waals surface area (Å²) < 4.78 is 0. The number of rotatable bonds is 4. The molecule has 1 atom stereocenters. The number of benzene rings is 1. The quantitative estimate of drug-likeness (QED) is 0.882. The molecule has 0 radical (unpaired) electrons. The fourth-order valence-corrected chi connectivity index (χ4v) is 2.88. The summed E-state index contributed by atoms with van der Waals surface area (Å²) in [5.74, 6) is -0.126. The van der Waals surface area contributed by atoms with E-state index in [1.54, 1.807) is 18.2 Å². The summed E-state index contributed by atoms with van der Waals surface area (Å²) in [6.07, 6.45) is 7.25. The lowest BCUT2D eigenvalue weighted by molar-refractivity contribution is 0.0738. The Morgan fingerprint density at radius 2 is 2.14 bits per heavy atom. The maximum absolute atomic E-state index is 12.8. The van der Waals surface area contributed by atoms with Crippen molar-refractivity contribution in [2.24, 2.45) is 0 Å². The van der Waals surface area contributed by atoms with Crippen LogP contribution < -0.4 is 5.56 Å². The maximum atomic E-state index is 12.8. The SMILES string of the molecule is CCCCC1C=CCN1C(=O)c1n[nH]c(=O)c2ccccc12. The first-order valence-corrected chi connectivity index (χ1v) is 7.67. The molecule has 2 heterocycles. The molecule has 1 aliphatic rings. The fraction of sp³-hybridized carbons (Fsp3) is 0.353. The van der Waals surface area contributed by atoms with E-state index in [0.29, 0.717) is 23.0 Å². The number of carbonyl (C=O) groups is 1. The molecule has 0 bridgehead atoms. The van der Waals surface area contributed by atoms with Crippen LogP contribution in [0.3, 0.4) is 0 Å². The lowest BCUT2D eigenvalue weighted by atomic mass is 10.1. The molecule has 0 fully saturated rings. The van der Waals surface area contributed by atoms with E-state index < -0.39 is 0 Å². The summed E-state index contributed by atoms with van der Waals surface area (Å²) in [6.45, 7) is 2.74. The van der Waals surface area contributed by atoms with E-state index in [9.17, 15) is 9.59 Å². The molecular weight excluding hydrogens is 278 g/mol. The van der Waals surface area contributed by atoms with Gasteiger partial charge in [-0.2, -0.15) is 5.10 Å². The molecule has 1 aromatic carbocycles. The summed E-state index contributed by atoms with van der Waals surface area (Å²) in [7, 11) is 0. The van der Waals surface area contributed by atoms with Crippen molar-refractivity contribution in [3.63, 3.8) is 0 Å². The van der Waals surface area contributed by atoms with Crippen molar-refractivity contribution in [3.8, 4) is 0 Å². The van der Waals surface area contributed by atoms with Gasteiger partial charge in [-0.05, 0) is 12.5 Å². The highest BCUT2D eigenvalue weighted by molar-refractivity contribution is 6.05. The van der Waals surface area contributed by atoms with Crippen molar-refractivity contribution in [2.75, 3.05) is 6.54 Å². The smallest absolute Gasteiger partial charge is 0.275 e. The van der Waals surface area contributed by atoms with Gasteiger partial charge in [-0.1, -0.05) is 50.1 Å². The minimum atomic E-state index is -0.269. The van der Waals surface area contributed by atoms with Gasteiger partial charge in [0.25, 0.3) is 11.5 Å². The molecule has 1 amide bonds. The summed E-state index contributed by atoms with van der Waals surface area (Å²) in [6, 6.07) is 7.21. The molecular formula is C17H19N3O2. The minimum absolute atomic E-state index is 0.125. The van der Waals surface area contributed by atoms with Crippen molar-refractivity contribution in [3.05, 3.63) is 52.5 Å². The number of hydrogen-bond donors (Lipinski definition) is 1. The normalized spacial score (nSPS) is 17.3. The zero-order valence-corrected chi connectivity index (χ0v) is 12.6. The largest absolute Gasteiger partial charge is 0.327 e. The first kappa shape index (κ1) is 14.5. The van der Waals surface area contributed by atoms with E-state index in [0.717, 1.165) is 19.3 Å². The summed E-state index contributed by atoms with van der Waals surface area (Å²) in [5.41, 5.74) is 0.0506. The topological polar surface area (TPSA) is 66.1 Å². The first-order valence-electron chi connectivity index (χ1n) is 7.67. The number of H-pyrrole nitrogens is 1. The second-order valence-electron chi connectivity index (χ2n) is 5.54. The van der Waals surface area contributed by atoms with Crippen LogP contribution in [-0.4, -0.2) is 33.6 Å². The molecule has 0 saturated carbocycles. The molecule has 5 heteroatoms. The summed E-state index contributed by atoms with van der Waals surface area (Å²) >= 11 is 0. The van der Waals surface area contributed by atoms with E-state index in [1.807, 2.05) is 17.0 Å². The second kappa shape index (κ2) is 6.13. The van der Waals surface area contributed by atoms with Gasteiger partial charge in [-0.25, -0.2) is 5.10 Å². The van der Waals surface area contributed by atoms with Crippen LogP contribution in [-0.2, 0) is 0 Å². The molecule has 0 spiro atoms. The highest BCUT2D eigenvalue weighted by atomic mass is 16.2. The van der Waals surface area contributed by atoms with Crippen LogP contribution in [0.1, 0.15) is 36.7 Å². The number of aromatic amines is 1. The Kier molecular flexibility index (Phi) is 4.04. The van der Waals surface area contributed by atoms with Gasteiger partial charge in [-0.15, -0.1) is 0 Å². The third-order valence-electron chi connectivity index (χ3n) is 4.07. The average Bonchev–Trinajstić information content (AvgIpc) is 3.01. The number of unbranched alkanes of at least 4 members (excludes halogenated alkanes) is 1. The molecule has 2 aromatic rings. The van der Waals surface area contributed by atoms with Crippen LogP contribution in [0.5, 0.6) is 0 Å². The Hall–Kier alpha value is -2.43. The van der Waals surface area contributed by atoms with E-state index in [2.05, 4.69) is 23.2 Å². The first-order chi connectivity index (χ1) is 10.7. The number of nitrogens with one attached hydrogen (secondary N) is 1. The van der Waals surface area contributed by atoms with Gasteiger partial charge in [0.05, 0.1) is 11.4 Å². The van der Waals surface area contributed by atoms with Crippen LogP contribution in [0, 0.1) is 0 Å². The van der Waals surface area contributed by atoms with Gasteiger partial charge in [0, 0.05) is 11.9 Å². The monoisotopic (exact) mass is 297 g/mol. The molecule has 1 aliphatic heterocycles. The molecule has 114 valence electrons. The van der Waals surface area contributed by atoms with E-state index >= 15 is 0 Å².